The molecule has 3 aromatic rings. The minimum atomic E-state index is -0.332. The van der Waals surface area contributed by atoms with Gasteiger partial charge in [0.25, 0.3) is 11.5 Å². The van der Waals surface area contributed by atoms with Crippen LogP contribution in [0.1, 0.15) is 16.9 Å². The Bertz CT molecular complexity index is 965. The minimum Gasteiger partial charge on any atom is -0.472 e. The van der Waals surface area contributed by atoms with Gasteiger partial charge >= 0.3 is 0 Å². The van der Waals surface area contributed by atoms with Crippen molar-refractivity contribution in [3.63, 3.8) is 0 Å². The van der Waals surface area contributed by atoms with Gasteiger partial charge in [-0.2, -0.15) is 5.10 Å². The van der Waals surface area contributed by atoms with Crippen LogP contribution in [0.2, 0.25) is 0 Å². The number of ether oxygens (including phenoxy) is 1. The number of H-pyrrole nitrogens is 1. The van der Waals surface area contributed by atoms with Crippen LogP contribution in [0.5, 0.6) is 5.88 Å². The molecule has 0 saturated carbocycles. The van der Waals surface area contributed by atoms with E-state index in [0.29, 0.717) is 19.0 Å². The summed E-state index contributed by atoms with van der Waals surface area (Å²) >= 11 is 0. The summed E-state index contributed by atoms with van der Waals surface area (Å²) in [5.74, 6) is 0.342. The predicted octanol–water partition coefficient (Wildman–Crippen LogP) is 1.61. The Balaban J connectivity index is 1.44. The van der Waals surface area contributed by atoms with Gasteiger partial charge in [0.1, 0.15) is 11.8 Å². The summed E-state index contributed by atoms with van der Waals surface area (Å²) in [5, 5.41) is 7.12. The van der Waals surface area contributed by atoms with Gasteiger partial charge in [-0.25, -0.2) is 10.1 Å². The van der Waals surface area contributed by atoms with Crippen molar-refractivity contribution < 1.29 is 9.53 Å². The first kappa shape index (κ1) is 15.3. The van der Waals surface area contributed by atoms with E-state index in [-0.39, 0.29) is 23.3 Å². The number of benzene rings is 1. The van der Waals surface area contributed by atoms with E-state index in [0.717, 1.165) is 17.3 Å². The van der Waals surface area contributed by atoms with E-state index in [2.05, 4.69) is 15.2 Å². The van der Waals surface area contributed by atoms with Crippen LogP contribution < -0.4 is 10.3 Å². The summed E-state index contributed by atoms with van der Waals surface area (Å²) in [6, 6.07) is 14.4. The molecule has 1 N–H and O–H groups in total. The Labute approximate surface area is 143 Å². The molecule has 1 saturated heterocycles. The second kappa shape index (κ2) is 6.35. The third-order valence-corrected chi connectivity index (χ3v) is 4.19. The maximum atomic E-state index is 12.4. The van der Waals surface area contributed by atoms with Crippen LogP contribution >= 0.6 is 0 Å². The molecule has 1 fully saturated rings. The molecular weight excluding hydrogens is 320 g/mol. The fraction of sp³-hybridized carbons (Fsp3) is 0.222. The zero-order valence-corrected chi connectivity index (χ0v) is 13.4. The van der Waals surface area contributed by atoms with Crippen LogP contribution in [0.15, 0.2) is 53.3 Å². The highest BCUT2D eigenvalue weighted by Gasteiger charge is 2.29. The fourth-order valence-corrected chi connectivity index (χ4v) is 2.92. The van der Waals surface area contributed by atoms with Gasteiger partial charge in [0, 0.05) is 30.5 Å². The van der Waals surface area contributed by atoms with Gasteiger partial charge in [-0.05, 0) is 18.2 Å². The Hall–Kier alpha value is -3.22. The van der Waals surface area contributed by atoms with Gasteiger partial charge < -0.3 is 9.64 Å². The number of nitrogens with one attached hydrogen (secondary N) is 1. The molecule has 0 aliphatic carbocycles. The number of hydrogen-bond acceptors (Lipinski definition) is 5. The third kappa shape index (κ3) is 3.21. The third-order valence-electron chi connectivity index (χ3n) is 4.19. The van der Waals surface area contributed by atoms with E-state index in [9.17, 15) is 9.59 Å². The highest BCUT2D eigenvalue weighted by atomic mass is 16.5. The maximum absolute atomic E-state index is 12.4. The van der Waals surface area contributed by atoms with Crippen molar-refractivity contribution in [3.8, 4) is 5.88 Å². The van der Waals surface area contributed by atoms with Crippen molar-refractivity contribution in [2.24, 2.45) is 0 Å². The smallest absolute Gasteiger partial charge is 0.274 e. The number of pyridine rings is 1. The van der Waals surface area contributed by atoms with Crippen LogP contribution in [0.4, 0.5) is 0 Å². The molecule has 4 rings (SSSR count). The van der Waals surface area contributed by atoms with Crippen LogP contribution in [0.25, 0.3) is 10.9 Å². The quantitative estimate of drug-likeness (QED) is 0.785. The summed E-state index contributed by atoms with van der Waals surface area (Å²) in [6.45, 7) is 1.05. The molecule has 1 aromatic carbocycles. The first-order valence-corrected chi connectivity index (χ1v) is 8.06. The lowest BCUT2D eigenvalue weighted by molar-refractivity contribution is 0.0764. The highest BCUT2D eigenvalue weighted by molar-refractivity contribution is 5.92. The summed E-state index contributed by atoms with van der Waals surface area (Å²) in [7, 11) is 0. The van der Waals surface area contributed by atoms with Crippen molar-refractivity contribution in [1.82, 2.24) is 20.1 Å². The highest BCUT2D eigenvalue weighted by Crippen LogP contribution is 2.21. The lowest BCUT2D eigenvalue weighted by atomic mass is 10.2. The molecule has 0 spiro atoms. The van der Waals surface area contributed by atoms with Crippen molar-refractivity contribution >= 4 is 16.8 Å². The molecule has 7 nitrogen and oxygen atoms in total. The van der Waals surface area contributed by atoms with Crippen molar-refractivity contribution in [3.05, 3.63) is 64.6 Å². The molecule has 1 unspecified atom stereocenters. The first-order chi connectivity index (χ1) is 12.2. The largest absolute Gasteiger partial charge is 0.472 e. The normalized spacial score (nSPS) is 17.0. The summed E-state index contributed by atoms with van der Waals surface area (Å²) in [6.07, 6.45) is 0.615. The van der Waals surface area contributed by atoms with Gasteiger partial charge in [-0.3, -0.25) is 9.59 Å². The number of rotatable bonds is 3. The molecule has 126 valence electrons. The van der Waals surface area contributed by atoms with Gasteiger partial charge in [-0.1, -0.05) is 18.2 Å². The Morgan fingerprint density at radius 1 is 1.16 bits per heavy atom. The lowest BCUT2D eigenvalue weighted by Crippen LogP contribution is -2.32. The van der Waals surface area contributed by atoms with Crippen molar-refractivity contribution in [2.45, 2.75) is 12.5 Å². The van der Waals surface area contributed by atoms with E-state index < -0.39 is 0 Å². The number of fused-ring (bicyclic) bond motifs is 1. The van der Waals surface area contributed by atoms with Crippen molar-refractivity contribution in [1.29, 1.82) is 0 Å². The minimum absolute atomic E-state index is 0.111. The van der Waals surface area contributed by atoms with Crippen LogP contribution in [0.3, 0.4) is 0 Å². The zero-order valence-electron chi connectivity index (χ0n) is 13.4. The molecule has 1 amide bonds. The average Bonchev–Trinajstić information content (AvgIpc) is 3.10. The topological polar surface area (TPSA) is 88.2 Å². The number of para-hydroxylation sites is 1. The SMILES string of the molecule is O=C(c1ccc(=O)[nH]n1)N1CCC(Oc2ccc3ccccc3n2)C1. The monoisotopic (exact) mass is 336 g/mol. The molecule has 1 aliphatic heterocycles. The summed E-state index contributed by atoms with van der Waals surface area (Å²) in [5.41, 5.74) is 0.772. The van der Waals surface area contributed by atoms with E-state index in [1.54, 1.807) is 4.90 Å². The van der Waals surface area contributed by atoms with Gasteiger partial charge in [-0.15, -0.1) is 0 Å². The van der Waals surface area contributed by atoms with Crippen LogP contribution in [0, 0.1) is 0 Å². The Morgan fingerprint density at radius 2 is 2.04 bits per heavy atom. The van der Waals surface area contributed by atoms with Gasteiger partial charge in [0.05, 0.1) is 12.1 Å². The number of aromatic amines is 1. The predicted molar refractivity (Wildman–Crippen MR) is 91.5 cm³/mol. The number of amides is 1. The average molecular weight is 336 g/mol. The van der Waals surface area contributed by atoms with Crippen LogP contribution in [-0.2, 0) is 0 Å². The Kier molecular flexibility index (Phi) is 3.89. The molecule has 0 bridgehead atoms. The molecular formula is C18H16N4O3. The number of likely N-dealkylation sites (tertiary alicyclic amines) is 1. The molecule has 3 heterocycles. The molecule has 1 aliphatic rings. The van der Waals surface area contributed by atoms with E-state index in [1.807, 2.05) is 36.4 Å². The van der Waals surface area contributed by atoms with E-state index in [4.69, 9.17) is 4.74 Å². The number of nitrogens with zero attached hydrogens (tertiary/aromatic N) is 3. The first-order valence-electron chi connectivity index (χ1n) is 8.06. The van der Waals surface area contributed by atoms with Gasteiger partial charge in [0.2, 0.25) is 5.88 Å². The molecule has 2 aromatic heterocycles. The Morgan fingerprint density at radius 3 is 2.88 bits per heavy atom. The zero-order chi connectivity index (χ0) is 17.2. The molecule has 25 heavy (non-hydrogen) atoms. The van der Waals surface area contributed by atoms with Crippen molar-refractivity contribution in [2.75, 3.05) is 13.1 Å². The summed E-state index contributed by atoms with van der Waals surface area (Å²) in [4.78, 5) is 29.6. The molecule has 0 radical (unpaired) electrons. The number of aromatic nitrogens is 3. The second-order valence-corrected chi connectivity index (χ2v) is 5.93. The van der Waals surface area contributed by atoms with E-state index in [1.165, 1.54) is 12.1 Å². The summed E-state index contributed by atoms with van der Waals surface area (Å²) < 4.78 is 5.94. The number of carbonyl (C=O) groups excluding carboxylic acids is 1. The van der Waals surface area contributed by atoms with E-state index >= 15 is 0 Å². The molecule has 7 heteroatoms. The molecule has 1 atom stereocenters. The number of carbonyl (C=O) groups is 1. The second-order valence-electron chi connectivity index (χ2n) is 5.93. The van der Waals surface area contributed by atoms with Gasteiger partial charge in [0.15, 0.2) is 0 Å². The standard InChI is InChI=1S/C18H16N4O3/c23-16-7-6-15(20-21-16)18(24)22-10-9-13(11-22)25-17-8-5-12-3-1-2-4-14(12)19-17/h1-8,13H,9-11H2,(H,21,23). The van der Waals surface area contributed by atoms with Crippen LogP contribution in [-0.4, -0.2) is 45.2 Å². The maximum Gasteiger partial charge on any atom is 0.274 e. The number of hydrogen-bond donors (Lipinski definition) is 1. The lowest BCUT2D eigenvalue weighted by Gasteiger charge is -2.16. The fourth-order valence-electron chi connectivity index (χ4n) is 2.92.